The largest absolute Gasteiger partial charge is 0.319 e. The molecular formula is C14H24N4O2S. The maximum absolute atomic E-state index is 12.7. The monoisotopic (exact) mass is 312 g/mol. The van der Waals surface area contributed by atoms with Gasteiger partial charge in [0, 0.05) is 39.1 Å². The Morgan fingerprint density at radius 1 is 1.43 bits per heavy atom. The number of pyridine rings is 1. The summed E-state index contributed by atoms with van der Waals surface area (Å²) >= 11 is 0. The highest BCUT2D eigenvalue weighted by atomic mass is 32.2. The molecule has 1 aliphatic rings. The first-order valence-corrected chi connectivity index (χ1v) is 8.68. The van der Waals surface area contributed by atoms with Crippen molar-refractivity contribution in [3.8, 4) is 0 Å². The highest BCUT2D eigenvalue weighted by Gasteiger charge is 2.31. The predicted octanol–water partition coefficient (Wildman–Crippen LogP) is 0.690. The molecule has 0 spiro atoms. The molecule has 118 valence electrons. The van der Waals surface area contributed by atoms with E-state index in [2.05, 4.69) is 10.3 Å². The van der Waals surface area contributed by atoms with E-state index in [0.717, 1.165) is 24.9 Å². The fourth-order valence-electron chi connectivity index (χ4n) is 2.72. The number of nitrogens with zero attached hydrogens (tertiary/aromatic N) is 3. The van der Waals surface area contributed by atoms with Gasteiger partial charge in [-0.25, -0.2) is 0 Å². The van der Waals surface area contributed by atoms with E-state index in [1.165, 1.54) is 4.31 Å². The number of piperidine rings is 1. The zero-order valence-electron chi connectivity index (χ0n) is 12.7. The molecule has 1 aliphatic heterocycles. The zero-order valence-corrected chi connectivity index (χ0v) is 13.5. The number of nitrogens with one attached hydrogen (secondary N) is 1. The molecule has 6 nitrogen and oxygen atoms in total. The van der Waals surface area contributed by atoms with Crippen LogP contribution < -0.4 is 5.32 Å². The second-order valence-electron chi connectivity index (χ2n) is 5.54. The molecule has 21 heavy (non-hydrogen) atoms. The van der Waals surface area contributed by atoms with Gasteiger partial charge in [-0.3, -0.25) is 4.98 Å². The van der Waals surface area contributed by atoms with Gasteiger partial charge in [-0.05, 0) is 50.0 Å². The van der Waals surface area contributed by atoms with Gasteiger partial charge in [-0.1, -0.05) is 0 Å². The van der Waals surface area contributed by atoms with Gasteiger partial charge in [0.05, 0.1) is 0 Å². The highest BCUT2D eigenvalue weighted by molar-refractivity contribution is 7.86. The summed E-state index contributed by atoms with van der Waals surface area (Å²) in [5, 5.41) is 3.14. The predicted molar refractivity (Wildman–Crippen MR) is 82.8 cm³/mol. The lowest BCUT2D eigenvalue weighted by Gasteiger charge is -2.34. The van der Waals surface area contributed by atoms with Crippen LogP contribution >= 0.6 is 0 Å². The average molecular weight is 312 g/mol. The van der Waals surface area contributed by atoms with Gasteiger partial charge in [0.2, 0.25) is 0 Å². The maximum Gasteiger partial charge on any atom is 0.282 e. The lowest BCUT2D eigenvalue weighted by Crippen LogP contribution is -2.47. The Morgan fingerprint density at radius 3 is 2.81 bits per heavy atom. The Kier molecular flexibility index (Phi) is 5.69. The molecular weight excluding hydrogens is 288 g/mol. The first kappa shape index (κ1) is 16.4. The summed E-state index contributed by atoms with van der Waals surface area (Å²) in [4.78, 5) is 3.95. The summed E-state index contributed by atoms with van der Waals surface area (Å²) in [7, 11) is 0.149. The van der Waals surface area contributed by atoms with E-state index >= 15 is 0 Å². The van der Waals surface area contributed by atoms with Crippen molar-refractivity contribution in [1.82, 2.24) is 18.9 Å². The molecule has 0 saturated carbocycles. The number of aromatic nitrogens is 1. The smallest absolute Gasteiger partial charge is 0.282 e. The Bertz CT molecular complexity index is 533. The maximum atomic E-state index is 12.7. The van der Waals surface area contributed by atoms with E-state index in [1.807, 2.05) is 19.2 Å². The summed E-state index contributed by atoms with van der Waals surface area (Å²) in [5.41, 5.74) is 0.944. The van der Waals surface area contributed by atoms with Crippen LogP contribution in [-0.4, -0.2) is 55.7 Å². The summed E-state index contributed by atoms with van der Waals surface area (Å²) in [5.74, 6) is 0.396. The highest BCUT2D eigenvalue weighted by Crippen LogP contribution is 2.21. The minimum absolute atomic E-state index is 0.373. The molecule has 2 rings (SSSR count). The lowest BCUT2D eigenvalue weighted by atomic mass is 10.00. The fraction of sp³-hybridized carbons (Fsp3) is 0.643. The van der Waals surface area contributed by atoms with Gasteiger partial charge in [0.1, 0.15) is 0 Å². The second kappa shape index (κ2) is 7.31. The third-order valence-electron chi connectivity index (χ3n) is 3.85. The molecule has 1 aromatic rings. The Hall–Kier alpha value is -1.02. The summed E-state index contributed by atoms with van der Waals surface area (Å²) in [6.45, 7) is 2.45. The van der Waals surface area contributed by atoms with Crippen LogP contribution in [0.1, 0.15) is 18.4 Å². The number of hydrogen-bond donors (Lipinski definition) is 1. The normalized spacial score (nSPS) is 20.8. The number of rotatable bonds is 6. The van der Waals surface area contributed by atoms with Crippen molar-refractivity contribution in [2.45, 2.75) is 19.4 Å². The first-order chi connectivity index (χ1) is 10.0. The molecule has 0 aliphatic carbocycles. The van der Waals surface area contributed by atoms with Crippen LogP contribution in [0.4, 0.5) is 0 Å². The van der Waals surface area contributed by atoms with Crippen LogP contribution in [0.25, 0.3) is 0 Å². The molecule has 1 N–H and O–H groups in total. The molecule has 1 atom stereocenters. The van der Waals surface area contributed by atoms with Gasteiger partial charge >= 0.3 is 0 Å². The second-order valence-corrected chi connectivity index (χ2v) is 7.58. The van der Waals surface area contributed by atoms with E-state index in [0.29, 0.717) is 25.6 Å². The van der Waals surface area contributed by atoms with Crippen LogP contribution in [0, 0.1) is 5.92 Å². The van der Waals surface area contributed by atoms with Gasteiger partial charge in [-0.2, -0.15) is 17.0 Å². The molecule has 0 bridgehead atoms. The molecule has 1 saturated heterocycles. The van der Waals surface area contributed by atoms with Crippen molar-refractivity contribution in [1.29, 1.82) is 0 Å². The zero-order chi connectivity index (χ0) is 15.3. The summed E-state index contributed by atoms with van der Waals surface area (Å²) in [6.07, 6.45) is 5.37. The van der Waals surface area contributed by atoms with E-state index in [-0.39, 0.29) is 0 Å². The van der Waals surface area contributed by atoms with Gasteiger partial charge in [-0.15, -0.1) is 0 Å². The van der Waals surface area contributed by atoms with E-state index in [4.69, 9.17) is 0 Å². The fourth-order valence-corrected chi connectivity index (χ4v) is 4.18. The molecule has 7 heteroatoms. The topological polar surface area (TPSA) is 65.5 Å². The van der Waals surface area contributed by atoms with Gasteiger partial charge < -0.3 is 5.32 Å². The van der Waals surface area contributed by atoms with E-state index < -0.39 is 10.2 Å². The quantitative estimate of drug-likeness (QED) is 0.839. The van der Waals surface area contributed by atoms with Crippen LogP contribution in [0.3, 0.4) is 0 Å². The number of hydrogen-bond acceptors (Lipinski definition) is 4. The Labute approximate surface area is 127 Å². The standard InChI is InChI=1S/C14H24N4O2S/c1-15-10-14-4-3-9-18(12-14)21(19,20)17(2)11-13-5-7-16-8-6-13/h5-8,14-15H,3-4,9-12H2,1-2H3. The molecule has 1 fully saturated rings. The van der Waals surface area contributed by atoms with Crippen LogP contribution in [0.15, 0.2) is 24.5 Å². The summed E-state index contributed by atoms with van der Waals surface area (Å²) in [6, 6.07) is 3.68. The Balaban J connectivity index is 2.02. The third kappa shape index (κ3) is 4.23. The lowest BCUT2D eigenvalue weighted by molar-refractivity contribution is 0.248. The molecule has 1 unspecified atom stereocenters. The Morgan fingerprint density at radius 2 is 2.14 bits per heavy atom. The molecule has 1 aromatic heterocycles. The van der Waals surface area contributed by atoms with Crippen molar-refractivity contribution < 1.29 is 8.42 Å². The van der Waals surface area contributed by atoms with Crippen LogP contribution in [0.5, 0.6) is 0 Å². The van der Waals surface area contributed by atoms with Gasteiger partial charge in [0.15, 0.2) is 0 Å². The van der Waals surface area contributed by atoms with Crippen molar-refractivity contribution >= 4 is 10.2 Å². The summed E-state index contributed by atoms with van der Waals surface area (Å²) < 4.78 is 28.3. The van der Waals surface area contributed by atoms with E-state index in [9.17, 15) is 8.42 Å². The van der Waals surface area contributed by atoms with Crippen LogP contribution in [-0.2, 0) is 16.8 Å². The molecule has 0 radical (unpaired) electrons. The van der Waals surface area contributed by atoms with Crippen LogP contribution in [0.2, 0.25) is 0 Å². The molecule has 0 aromatic carbocycles. The first-order valence-electron chi connectivity index (χ1n) is 7.29. The van der Waals surface area contributed by atoms with Gasteiger partial charge in [0.25, 0.3) is 10.2 Å². The average Bonchev–Trinajstić information content (AvgIpc) is 2.49. The third-order valence-corrected chi connectivity index (χ3v) is 5.75. The minimum atomic E-state index is -3.39. The van der Waals surface area contributed by atoms with Crippen molar-refractivity contribution in [3.63, 3.8) is 0 Å². The molecule has 2 heterocycles. The van der Waals surface area contributed by atoms with Crippen molar-refractivity contribution in [2.24, 2.45) is 5.92 Å². The van der Waals surface area contributed by atoms with Crippen molar-refractivity contribution in [3.05, 3.63) is 30.1 Å². The SMILES string of the molecule is CNCC1CCCN(S(=O)(=O)N(C)Cc2ccncc2)C1. The molecule has 0 amide bonds. The van der Waals surface area contributed by atoms with E-state index in [1.54, 1.807) is 23.7 Å². The minimum Gasteiger partial charge on any atom is -0.319 e. The van der Waals surface area contributed by atoms with Crippen molar-refractivity contribution in [2.75, 3.05) is 33.7 Å².